The van der Waals surface area contributed by atoms with Crippen LogP contribution in [-0.2, 0) is 16.2 Å². The summed E-state index contributed by atoms with van der Waals surface area (Å²) < 4.78 is 0. The van der Waals surface area contributed by atoms with Crippen molar-refractivity contribution in [2.45, 2.75) is 52.7 Å². The molecule has 5 nitrogen and oxygen atoms in total. The van der Waals surface area contributed by atoms with Crippen LogP contribution in [-0.4, -0.2) is 22.2 Å². The second-order valence-electron chi connectivity index (χ2n) is 5.99. The van der Waals surface area contributed by atoms with Crippen molar-refractivity contribution in [3.63, 3.8) is 0 Å². The van der Waals surface area contributed by atoms with Gasteiger partial charge in [0.1, 0.15) is 5.60 Å². The molecule has 0 aromatic carbocycles. The van der Waals surface area contributed by atoms with Gasteiger partial charge in [-0.2, -0.15) is 0 Å². The largest absolute Gasteiger partial charge is 0.389 e. The van der Waals surface area contributed by atoms with E-state index in [0.29, 0.717) is 18.9 Å². The van der Waals surface area contributed by atoms with Gasteiger partial charge in [0.15, 0.2) is 0 Å². The molecule has 1 unspecified atom stereocenters. The van der Waals surface area contributed by atoms with Crippen molar-refractivity contribution in [1.29, 1.82) is 0 Å². The summed E-state index contributed by atoms with van der Waals surface area (Å²) in [6.07, 6.45) is 4.81. The van der Waals surface area contributed by atoms with Gasteiger partial charge in [0, 0.05) is 37.3 Å². The summed E-state index contributed by atoms with van der Waals surface area (Å²) in [6.45, 7) is 8.66. The van der Waals surface area contributed by atoms with Crippen LogP contribution >= 0.6 is 0 Å². The highest BCUT2D eigenvalue weighted by Crippen LogP contribution is 2.32. The van der Waals surface area contributed by atoms with Gasteiger partial charge >= 0.3 is 0 Å². The molecule has 0 fully saturated rings. The van der Waals surface area contributed by atoms with E-state index in [1.54, 1.807) is 12.4 Å². The van der Waals surface area contributed by atoms with Crippen LogP contribution in [0.25, 0.3) is 0 Å². The van der Waals surface area contributed by atoms with Crippen molar-refractivity contribution in [3.05, 3.63) is 29.6 Å². The Morgan fingerprint density at radius 3 is 2.86 bits per heavy atom. The molecule has 0 aliphatic carbocycles. The zero-order chi connectivity index (χ0) is 15.5. The molecule has 2 rings (SSSR count). The molecule has 0 saturated carbocycles. The maximum atomic E-state index is 11.3. The highest BCUT2D eigenvalue weighted by molar-refractivity contribution is 6.01. The highest BCUT2D eigenvalue weighted by atomic mass is 16.7. The van der Waals surface area contributed by atoms with Gasteiger partial charge in [-0.25, -0.2) is 0 Å². The first-order valence-corrected chi connectivity index (χ1v) is 7.40. The number of hydrogen-bond acceptors (Lipinski definition) is 4. The van der Waals surface area contributed by atoms with Gasteiger partial charge in [0.25, 0.3) is 0 Å². The molecule has 0 radical (unpaired) electrons. The van der Waals surface area contributed by atoms with Crippen molar-refractivity contribution in [2.75, 3.05) is 0 Å². The molecule has 0 bridgehead atoms. The summed E-state index contributed by atoms with van der Waals surface area (Å²) >= 11 is 0. The van der Waals surface area contributed by atoms with Gasteiger partial charge < -0.3 is 10.2 Å². The summed E-state index contributed by atoms with van der Waals surface area (Å²) in [7, 11) is 0. The Labute approximate surface area is 125 Å². The highest BCUT2D eigenvalue weighted by Gasteiger charge is 2.37. The van der Waals surface area contributed by atoms with Gasteiger partial charge in [-0.1, -0.05) is 25.9 Å². The number of rotatable bonds is 5. The summed E-state index contributed by atoms with van der Waals surface area (Å²) in [5.41, 5.74) is 2.60. The minimum Gasteiger partial charge on any atom is -0.389 e. The fraction of sp³-hybridized carbons (Fsp3) is 0.562. The normalized spacial score (nSPS) is 21.1. The second kappa shape index (κ2) is 6.24. The van der Waals surface area contributed by atoms with E-state index < -0.39 is 0 Å². The first-order chi connectivity index (χ1) is 9.94. The molecule has 1 aliphatic heterocycles. The number of amides is 1. The third kappa shape index (κ3) is 3.60. The van der Waals surface area contributed by atoms with Crippen molar-refractivity contribution in [3.8, 4) is 0 Å². The van der Waals surface area contributed by atoms with Crippen molar-refractivity contribution in [1.82, 2.24) is 10.3 Å². The zero-order valence-electron chi connectivity index (χ0n) is 13.1. The molecular formula is C16H23N3O2. The molecular weight excluding hydrogens is 266 g/mol. The molecule has 5 heteroatoms. The number of pyridine rings is 1. The zero-order valence-corrected chi connectivity index (χ0v) is 13.1. The Kier molecular flexibility index (Phi) is 4.60. The lowest BCUT2D eigenvalue weighted by atomic mass is 9.86. The smallest absolute Gasteiger partial charge is 0.219 e. The minimum atomic E-state index is -0.248. The molecule has 1 aliphatic rings. The molecule has 21 heavy (non-hydrogen) atoms. The number of oxime groups is 1. The number of nitrogens with zero attached hydrogens (tertiary/aromatic N) is 2. The SMILES string of the molecule is CCC(=O)NCc1cncc(C2=NOC(C)(C(C)C)C2)c1. The molecule has 114 valence electrons. The lowest BCUT2D eigenvalue weighted by Crippen LogP contribution is -2.31. The summed E-state index contributed by atoms with van der Waals surface area (Å²) in [5.74, 6) is 0.424. The molecule has 1 aromatic heterocycles. The third-order valence-electron chi connectivity index (χ3n) is 4.04. The average Bonchev–Trinajstić information content (AvgIpc) is 2.89. The van der Waals surface area contributed by atoms with Gasteiger partial charge in [-0.15, -0.1) is 0 Å². The Morgan fingerprint density at radius 1 is 1.48 bits per heavy atom. The Balaban J connectivity index is 2.07. The van der Waals surface area contributed by atoms with Crippen LogP contribution in [0.2, 0.25) is 0 Å². The molecule has 1 amide bonds. The van der Waals surface area contributed by atoms with E-state index >= 15 is 0 Å². The summed E-state index contributed by atoms with van der Waals surface area (Å²) in [6, 6.07) is 2.01. The maximum absolute atomic E-state index is 11.3. The monoisotopic (exact) mass is 289 g/mol. The molecule has 0 spiro atoms. The number of hydrogen-bond donors (Lipinski definition) is 1. The van der Waals surface area contributed by atoms with E-state index in [0.717, 1.165) is 23.3 Å². The van der Waals surface area contributed by atoms with E-state index in [-0.39, 0.29) is 11.5 Å². The Hall–Kier alpha value is -1.91. The Bertz CT molecular complexity index is 554. The van der Waals surface area contributed by atoms with E-state index in [1.165, 1.54) is 0 Å². The summed E-state index contributed by atoms with van der Waals surface area (Å²) in [4.78, 5) is 21.2. The fourth-order valence-electron chi connectivity index (χ4n) is 2.09. The van der Waals surface area contributed by atoms with E-state index in [4.69, 9.17) is 4.84 Å². The fourth-order valence-corrected chi connectivity index (χ4v) is 2.09. The molecule has 1 aromatic rings. The van der Waals surface area contributed by atoms with E-state index in [2.05, 4.69) is 36.2 Å². The van der Waals surface area contributed by atoms with Crippen LogP contribution in [0.3, 0.4) is 0 Å². The van der Waals surface area contributed by atoms with Crippen molar-refractivity contribution < 1.29 is 9.63 Å². The van der Waals surface area contributed by atoms with Crippen LogP contribution in [0.15, 0.2) is 23.6 Å². The molecule has 1 N–H and O–H groups in total. The number of carbonyl (C=O) groups is 1. The lowest BCUT2D eigenvalue weighted by Gasteiger charge is -2.25. The number of nitrogens with one attached hydrogen (secondary N) is 1. The van der Waals surface area contributed by atoms with E-state index in [1.807, 2.05) is 13.0 Å². The topological polar surface area (TPSA) is 63.6 Å². The first-order valence-electron chi connectivity index (χ1n) is 7.40. The average molecular weight is 289 g/mol. The second-order valence-corrected chi connectivity index (χ2v) is 5.99. The number of aromatic nitrogens is 1. The predicted molar refractivity (Wildman–Crippen MR) is 81.9 cm³/mol. The molecule has 0 saturated heterocycles. The van der Waals surface area contributed by atoms with Gasteiger partial charge in [-0.3, -0.25) is 9.78 Å². The first kappa shape index (κ1) is 15.5. The van der Waals surface area contributed by atoms with Gasteiger partial charge in [0.05, 0.1) is 5.71 Å². The minimum absolute atomic E-state index is 0.0364. The predicted octanol–water partition coefficient (Wildman–Crippen LogP) is 2.65. The van der Waals surface area contributed by atoms with Crippen LogP contribution < -0.4 is 5.32 Å². The third-order valence-corrected chi connectivity index (χ3v) is 4.04. The van der Waals surface area contributed by atoms with Crippen LogP contribution in [0.1, 0.15) is 51.7 Å². The maximum Gasteiger partial charge on any atom is 0.219 e. The summed E-state index contributed by atoms with van der Waals surface area (Å²) in [5, 5.41) is 7.07. The lowest BCUT2D eigenvalue weighted by molar-refractivity contribution is -0.120. The van der Waals surface area contributed by atoms with Crippen LogP contribution in [0.4, 0.5) is 0 Å². The van der Waals surface area contributed by atoms with Gasteiger partial charge in [-0.05, 0) is 24.5 Å². The number of carbonyl (C=O) groups excluding carboxylic acids is 1. The van der Waals surface area contributed by atoms with Crippen LogP contribution in [0.5, 0.6) is 0 Å². The standard InChI is InChI=1S/C16H23N3O2/c1-5-15(20)18-9-12-6-13(10-17-8-12)14-7-16(4,11(2)3)21-19-14/h6,8,10-11H,5,7,9H2,1-4H3,(H,18,20). The van der Waals surface area contributed by atoms with Crippen molar-refractivity contribution >= 4 is 11.6 Å². The van der Waals surface area contributed by atoms with Crippen LogP contribution in [0, 0.1) is 5.92 Å². The molecule has 1 atom stereocenters. The van der Waals surface area contributed by atoms with E-state index in [9.17, 15) is 4.79 Å². The van der Waals surface area contributed by atoms with Crippen molar-refractivity contribution in [2.24, 2.45) is 11.1 Å². The quantitative estimate of drug-likeness (QED) is 0.906. The van der Waals surface area contributed by atoms with Gasteiger partial charge in [0.2, 0.25) is 5.91 Å². The molecule has 2 heterocycles. The Morgan fingerprint density at radius 2 is 2.24 bits per heavy atom.